The second kappa shape index (κ2) is 5.92. The van der Waals surface area contributed by atoms with Gasteiger partial charge in [-0.15, -0.1) is 0 Å². The number of carbonyl (C=O) groups excluding carboxylic acids is 1. The number of hydrogen-bond donors (Lipinski definition) is 1. The molecule has 1 aromatic heterocycles. The molecule has 0 aliphatic carbocycles. The van der Waals surface area contributed by atoms with Gasteiger partial charge in [-0.25, -0.2) is 13.1 Å². The van der Waals surface area contributed by atoms with E-state index in [0.29, 0.717) is 32.0 Å². The topological polar surface area (TPSA) is 88.9 Å². The normalized spacial score (nSPS) is 23.7. The second-order valence-corrected chi connectivity index (χ2v) is 8.45. The van der Waals surface area contributed by atoms with Gasteiger partial charge < -0.3 is 14.1 Å². The van der Waals surface area contributed by atoms with Crippen LogP contribution in [0.3, 0.4) is 0 Å². The van der Waals surface area contributed by atoms with Crippen molar-refractivity contribution in [3.63, 3.8) is 0 Å². The molecule has 2 aliphatic heterocycles. The van der Waals surface area contributed by atoms with E-state index in [9.17, 15) is 13.2 Å². The monoisotopic (exact) mass is 342 g/mol. The Labute approximate surface area is 136 Å². The zero-order valence-corrected chi connectivity index (χ0v) is 14.2. The van der Waals surface area contributed by atoms with E-state index in [-0.39, 0.29) is 17.4 Å². The number of rotatable bonds is 4. The van der Waals surface area contributed by atoms with Crippen LogP contribution in [0, 0.1) is 12.8 Å². The number of nitrogens with zero attached hydrogens (tertiary/aromatic N) is 1. The highest BCUT2D eigenvalue weighted by Gasteiger charge is 2.49. The van der Waals surface area contributed by atoms with E-state index in [1.54, 1.807) is 11.0 Å². The third-order valence-electron chi connectivity index (χ3n) is 4.57. The molecule has 128 valence electrons. The van der Waals surface area contributed by atoms with Crippen LogP contribution >= 0.6 is 0 Å². The van der Waals surface area contributed by atoms with Crippen LogP contribution in [-0.4, -0.2) is 57.3 Å². The molecule has 0 radical (unpaired) electrons. The van der Waals surface area contributed by atoms with Crippen LogP contribution in [0.15, 0.2) is 16.7 Å². The van der Waals surface area contributed by atoms with Crippen LogP contribution in [0.1, 0.15) is 29.0 Å². The van der Waals surface area contributed by atoms with Gasteiger partial charge >= 0.3 is 0 Å². The molecule has 23 heavy (non-hydrogen) atoms. The number of hydrogen-bond acceptors (Lipinski definition) is 5. The number of amides is 1. The lowest BCUT2D eigenvalue weighted by atomic mass is 9.83. The summed E-state index contributed by atoms with van der Waals surface area (Å²) in [5, 5.41) is 0. The Balaban J connectivity index is 1.48. The lowest BCUT2D eigenvalue weighted by molar-refractivity contribution is -0.166. The van der Waals surface area contributed by atoms with Gasteiger partial charge in [0.05, 0.1) is 32.2 Å². The number of furan rings is 1. The predicted molar refractivity (Wildman–Crippen MR) is 83.6 cm³/mol. The van der Waals surface area contributed by atoms with Crippen LogP contribution in [0.4, 0.5) is 0 Å². The highest BCUT2D eigenvalue weighted by molar-refractivity contribution is 7.88. The number of ether oxygens (including phenoxy) is 1. The molecular weight excluding hydrogens is 320 g/mol. The smallest absolute Gasteiger partial charge is 0.290 e. The van der Waals surface area contributed by atoms with E-state index in [2.05, 4.69) is 4.72 Å². The summed E-state index contributed by atoms with van der Waals surface area (Å²) >= 11 is 0. The number of likely N-dealkylation sites (tertiary alicyclic amines) is 1. The predicted octanol–water partition coefficient (Wildman–Crippen LogP) is 0.758. The summed E-state index contributed by atoms with van der Waals surface area (Å²) in [5.74, 6) is 0.487. The molecule has 1 atom stereocenters. The van der Waals surface area contributed by atoms with Gasteiger partial charge in [0.15, 0.2) is 5.76 Å². The summed E-state index contributed by atoms with van der Waals surface area (Å²) in [6.45, 7) is 3.91. The third kappa shape index (κ3) is 3.59. The fourth-order valence-corrected chi connectivity index (χ4v) is 3.66. The van der Waals surface area contributed by atoms with E-state index in [0.717, 1.165) is 24.7 Å². The Kier molecular flexibility index (Phi) is 4.24. The Morgan fingerprint density at radius 1 is 1.48 bits per heavy atom. The van der Waals surface area contributed by atoms with Crippen LogP contribution in [0.25, 0.3) is 0 Å². The maximum Gasteiger partial charge on any atom is 0.290 e. The van der Waals surface area contributed by atoms with Crippen LogP contribution < -0.4 is 4.72 Å². The SMILES string of the molecule is Cc1ccoc1C(=O)N1CC2(CC[C@H](CNS(C)(=O)=O)CO2)C1. The molecule has 0 bridgehead atoms. The lowest BCUT2D eigenvalue weighted by Crippen LogP contribution is -2.66. The molecule has 2 fully saturated rings. The van der Waals surface area contributed by atoms with E-state index >= 15 is 0 Å². The maximum absolute atomic E-state index is 12.3. The minimum Gasteiger partial charge on any atom is -0.459 e. The van der Waals surface area contributed by atoms with Crippen molar-refractivity contribution < 1.29 is 22.4 Å². The number of aryl methyl sites for hydroxylation is 1. The highest BCUT2D eigenvalue weighted by atomic mass is 32.2. The molecule has 3 rings (SSSR count). The second-order valence-electron chi connectivity index (χ2n) is 6.61. The van der Waals surface area contributed by atoms with Gasteiger partial charge in [-0.1, -0.05) is 0 Å². The van der Waals surface area contributed by atoms with Crippen molar-refractivity contribution in [1.82, 2.24) is 9.62 Å². The third-order valence-corrected chi connectivity index (χ3v) is 5.26. The van der Waals surface area contributed by atoms with Crippen molar-refractivity contribution >= 4 is 15.9 Å². The molecule has 3 heterocycles. The molecule has 1 aromatic rings. The largest absolute Gasteiger partial charge is 0.459 e. The lowest BCUT2D eigenvalue weighted by Gasteiger charge is -2.52. The summed E-state index contributed by atoms with van der Waals surface area (Å²) in [7, 11) is -3.16. The van der Waals surface area contributed by atoms with Crippen LogP contribution in [-0.2, 0) is 14.8 Å². The maximum atomic E-state index is 12.3. The van der Waals surface area contributed by atoms with Crippen molar-refractivity contribution in [2.24, 2.45) is 5.92 Å². The average Bonchev–Trinajstić information content (AvgIpc) is 2.88. The zero-order chi connectivity index (χ0) is 16.7. The van der Waals surface area contributed by atoms with Gasteiger partial charge in [0.1, 0.15) is 5.60 Å². The standard InChI is InChI=1S/C15H22N2O5S/c1-11-4-6-21-13(11)14(18)17-9-15(10-17)5-3-12(8-22-15)7-16-23(2,19)20/h4,6,12,16H,3,5,7-10H2,1-2H3/t12-/m1/s1. The molecule has 0 saturated carbocycles. The van der Waals surface area contributed by atoms with Gasteiger partial charge in [0.25, 0.3) is 5.91 Å². The first kappa shape index (κ1) is 16.5. The molecular formula is C15H22N2O5S. The van der Waals surface area contributed by atoms with Crippen molar-refractivity contribution in [2.45, 2.75) is 25.4 Å². The van der Waals surface area contributed by atoms with E-state index in [4.69, 9.17) is 9.15 Å². The van der Waals surface area contributed by atoms with Gasteiger partial charge in [-0.05, 0) is 31.7 Å². The Morgan fingerprint density at radius 3 is 2.74 bits per heavy atom. The molecule has 1 amide bonds. The minimum absolute atomic E-state index is 0.0948. The van der Waals surface area contributed by atoms with Gasteiger partial charge in [0.2, 0.25) is 10.0 Å². The quantitative estimate of drug-likeness (QED) is 0.872. The van der Waals surface area contributed by atoms with Gasteiger partial charge in [-0.3, -0.25) is 4.79 Å². The summed E-state index contributed by atoms with van der Waals surface area (Å²) < 4.78 is 36.0. The van der Waals surface area contributed by atoms with Gasteiger partial charge in [-0.2, -0.15) is 0 Å². The molecule has 7 nitrogen and oxygen atoms in total. The molecule has 1 spiro atoms. The molecule has 1 N–H and O–H groups in total. The first-order valence-corrected chi connectivity index (χ1v) is 9.59. The Bertz CT molecular complexity index is 680. The van der Waals surface area contributed by atoms with Crippen molar-refractivity contribution in [3.05, 3.63) is 23.7 Å². The summed E-state index contributed by atoms with van der Waals surface area (Å²) in [6.07, 6.45) is 4.41. The number of carbonyl (C=O) groups is 1. The van der Waals surface area contributed by atoms with Crippen molar-refractivity contribution in [2.75, 3.05) is 32.5 Å². The molecule has 8 heteroatoms. The molecule has 2 saturated heterocycles. The van der Waals surface area contributed by atoms with Crippen LogP contribution in [0.5, 0.6) is 0 Å². The highest BCUT2D eigenvalue weighted by Crippen LogP contribution is 2.36. The van der Waals surface area contributed by atoms with E-state index < -0.39 is 10.0 Å². The van der Waals surface area contributed by atoms with E-state index in [1.165, 1.54) is 6.26 Å². The number of sulfonamides is 1. The fraction of sp³-hybridized carbons (Fsp3) is 0.667. The first-order chi connectivity index (χ1) is 10.8. The Hall–Kier alpha value is -1.38. The molecule has 2 aliphatic rings. The molecule has 0 unspecified atom stereocenters. The van der Waals surface area contributed by atoms with Crippen LogP contribution in [0.2, 0.25) is 0 Å². The summed E-state index contributed by atoms with van der Waals surface area (Å²) in [5.41, 5.74) is 0.574. The Morgan fingerprint density at radius 2 is 2.22 bits per heavy atom. The fourth-order valence-electron chi connectivity index (χ4n) is 3.13. The summed E-state index contributed by atoms with van der Waals surface area (Å²) in [4.78, 5) is 14.0. The average molecular weight is 342 g/mol. The first-order valence-electron chi connectivity index (χ1n) is 7.70. The molecule has 0 aromatic carbocycles. The van der Waals surface area contributed by atoms with Gasteiger partial charge in [0, 0.05) is 12.1 Å². The summed E-state index contributed by atoms with van der Waals surface area (Å²) in [6, 6.07) is 1.78. The van der Waals surface area contributed by atoms with Crippen molar-refractivity contribution in [1.29, 1.82) is 0 Å². The number of nitrogens with one attached hydrogen (secondary N) is 1. The zero-order valence-electron chi connectivity index (χ0n) is 13.4. The minimum atomic E-state index is -3.16. The van der Waals surface area contributed by atoms with E-state index in [1.807, 2.05) is 6.92 Å². The van der Waals surface area contributed by atoms with Crippen molar-refractivity contribution in [3.8, 4) is 0 Å².